The van der Waals surface area contributed by atoms with Crippen LogP contribution in [0, 0.1) is 0 Å². The molecule has 0 saturated heterocycles. The molecule has 0 aliphatic heterocycles. The van der Waals surface area contributed by atoms with Crippen LogP contribution in [0.3, 0.4) is 0 Å². The third-order valence-corrected chi connectivity index (χ3v) is 4.45. The molecule has 1 amide bonds. The Labute approximate surface area is 184 Å². The second kappa shape index (κ2) is 13.9. The van der Waals surface area contributed by atoms with Crippen LogP contribution in [0.25, 0.3) is 11.1 Å². The zero-order valence-electron chi connectivity index (χ0n) is 18.1. The Hall–Kier alpha value is -3.28. The van der Waals surface area contributed by atoms with Gasteiger partial charge in [-0.1, -0.05) is 55.1 Å². The third-order valence-electron chi connectivity index (χ3n) is 4.45. The summed E-state index contributed by atoms with van der Waals surface area (Å²) in [5.74, 6) is 0.422. The summed E-state index contributed by atoms with van der Waals surface area (Å²) in [7, 11) is 0. The second-order valence-corrected chi connectivity index (χ2v) is 7.10. The number of alkyl carbamates (subject to hydrolysis) is 1. The van der Waals surface area contributed by atoms with Crippen molar-refractivity contribution in [2.45, 2.75) is 32.6 Å². The molecular formula is C25H31NO5. The van der Waals surface area contributed by atoms with Gasteiger partial charge in [-0.3, -0.25) is 0 Å². The molecule has 31 heavy (non-hydrogen) atoms. The molecule has 6 heteroatoms. The maximum atomic E-state index is 11.6. The van der Waals surface area contributed by atoms with Crippen LogP contribution in [0.2, 0.25) is 0 Å². The van der Waals surface area contributed by atoms with Crippen LogP contribution >= 0.6 is 0 Å². The molecule has 2 aromatic carbocycles. The van der Waals surface area contributed by atoms with E-state index in [1.165, 1.54) is 0 Å². The Morgan fingerprint density at radius 1 is 0.839 bits per heavy atom. The van der Waals surface area contributed by atoms with Gasteiger partial charge in [0.05, 0.1) is 19.8 Å². The van der Waals surface area contributed by atoms with Crippen molar-refractivity contribution in [2.75, 3.05) is 26.4 Å². The van der Waals surface area contributed by atoms with Crippen LogP contribution in [0.15, 0.2) is 66.7 Å². The fraction of sp³-hybridized carbons (Fsp3) is 0.360. The summed E-state index contributed by atoms with van der Waals surface area (Å²) in [6.07, 6.45) is 3.16. The van der Waals surface area contributed by atoms with Crippen LogP contribution in [-0.4, -0.2) is 38.4 Å². The van der Waals surface area contributed by atoms with E-state index >= 15 is 0 Å². The zero-order valence-corrected chi connectivity index (χ0v) is 18.1. The smallest absolute Gasteiger partial charge is 0.407 e. The lowest BCUT2D eigenvalue weighted by molar-refractivity contribution is -0.138. The van der Waals surface area contributed by atoms with E-state index in [1.807, 2.05) is 36.4 Å². The van der Waals surface area contributed by atoms with Gasteiger partial charge in [-0.15, -0.1) is 0 Å². The average molecular weight is 426 g/mol. The number of carbonyl (C=O) groups is 2. The quantitative estimate of drug-likeness (QED) is 0.273. The number of rotatable bonds is 13. The van der Waals surface area contributed by atoms with E-state index in [4.69, 9.17) is 14.2 Å². The number of esters is 1. The Balaban J connectivity index is 1.52. The van der Waals surface area contributed by atoms with Gasteiger partial charge in [0.25, 0.3) is 0 Å². The Bertz CT molecular complexity index is 835. The van der Waals surface area contributed by atoms with Crippen LogP contribution < -0.4 is 10.1 Å². The lowest BCUT2D eigenvalue weighted by atomic mass is 10.1. The Kier molecular flexibility index (Phi) is 10.7. The number of benzene rings is 2. The highest BCUT2D eigenvalue weighted by Gasteiger charge is 2.06. The van der Waals surface area contributed by atoms with Gasteiger partial charge in [0.2, 0.25) is 0 Å². The molecule has 6 nitrogen and oxygen atoms in total. The Morgan fingerprint density at radius 3 is 2.26 bits per heavy atom. The van der Waals surface area contributed by atoms with Gasteiger partial charge in [0, 0.05) is 11.1 Å². The fourth-order valence-corrected chi connectivity index (χ4v) is 2.82. The number of unbranched alkanes of at least 4 members (excludes halogenated alkanes) is 3. The number of hydrogen-bond acceptors (Lipinski definition) is 5. The van der Waals surface area contributed by atoms with E-state index in [0.29, 0.717) is 18.8 Å². The predicted octanol–water partition coefficient (Wildman–Crippen LogP) is 5.14. The van der Waals surface area contributed by atoms with Gasteiger partial charge < -0.3 is 19.5 Å². The van der Waals surface area contributed by atoms with Crippen molar-refractivity contribution in [3.05, 3.63) is 66.7 Å². The fourth-order valence-electron chi connectivity index (χ4n) is 2.82. The van der Waals surface area contributed by atoms with Crippen LogP contribution in [0.1, 0.15) is 32.6 Å². The second-order valence-electron chi connectivity index (χ2n) is 7.10. The lowest BCUT2D eigenvalue weighted by Gasteiger charge is -2.11. The van der Waals surface area contributed by atoms with Crippen molar-refractivity contribution in [3.8, 4) is 16.9 Å². The number of nitrogens with one attached hydrogen (secondary N) is 1. The van der Waals surface area contributed by atoms with Crippen molar-refractivity contribution in [1.29, 1.82) is 0 Å². The molecule has 0 spiro atoms. The molecule has 0 radical (unpaired) electrons. The molecule has 2 rings (SSSR count). The maximum absolute atomic E-state index is 11.6. The van der Waals surface area contributed by atoms with Gasteiger partial charge in [-0.2, -0.15) is 0 Å². The Morgan fingerprint density at radius 2 is 1.52 bits per heavy atom. The first-order valence-electron chi connectivity index (χ1n) is 10.6. The number of carbonyl (C=O) groups excluding carboxylic acids is 2. The van der Waals surface area contributed by atoms with E-state index in [-0.39, 0.29) is 13.2 Å². The molecular weight excluding hydrogens is 394 g/mol. The predicted molar refractivity (Wildman–Crippen MR) is 121 cm³/mol. The molecule has 0 heterocycles. The average Bonchev–Trinajstić information content (AvgIpc) is 2.79. The van der Waals surface area contributed by atoms with Crippen molar-refractivity contribution >= 4 is 12.1 Å². The van der Waals surface area contributed by atoms with Crippen molar-refractivity contribution in [3.63, 3.8) is 0 Å². The number of para-hydroxylation sites is 1. The van der Waals surface area contributed by atoms with Gasteiger partial charge in [0.1, 0.15) is 12.4 Å². The summed E-state index contributed by atoms with van der Waals surface area (Å²) in [5.41, 5.74) is 2.56. The highest BCUT2D eigenvalue weighted by atomic mass is 16.6. The molecule has 0 aromatic heterocycles. The standard InChI is InChI=1S/C25H31NO5/c1-20(2)24(27)30-19-16-26-25(28)31-18-11-4-3-10-17-29-23-15-9-8-14-22(23)21-12-6-5-7-13-21/h5-9,12-15H,1,3-4,10-11,16-19H2,2H3,(H,26,28). The SMILES string of the molecule is C=C(C)C(=O)OCCNC(=O)OCCCCCCOc1ccccc1-c1ccccc1. The molecule has 0 bridgehead atoms. The summed E-state index contributed by atoms with van der Waals surface area (Å²) in [6.45, 7) is 6.35. The first kappa shape index (κ1) is 24.0. The molecule has 0 aliphatic carbocycles. The summed E-state index contributed by atoms with van der Waals surface area (Å²) in [5, 5.41) is 2.54. The highest BCUT2D eigenvalue weighted by molar-refractivity contribution is 5.86. The van der Waals surface area contributed by atoms with Gasteiger partial charge in [0.15, 0.2) is 0 Å². The first-order valence-corrected chi connectivity index (χ1v) is 10.6. The summed E-state index contributed by atoms with van der Waals surface area (Å²) < 4.78 is 16.0. The molecule has 0 saturated carbocycles. The maximum Gasteiger partial charge on any atom is 0.407 e. The van der Waals surface area contributed by atoms with E-state index in [9.17, 15) is 9.59 Å². The molecule has 0 atom stereocenters. The largest absolute Gasteiger partial charge is 0.493 e. The molecule has 2 aromatic rings. The zero-order chi connectivity index (χ0) is 22.3. The van der Waals surface area contributed by atoms with E-state index in [2.05, 4.69) is 30.1 Å². The minimum Gasteiger partial charge on any atom is -0.493 e. The minimum absolute atomic E-state index is 0.0915. The molecule has 0 aliphatic rings. The topological polar surface area (TPSA) is 73.9 Å². The summed E-state index contributed by atoms with van der Waals surface area (Å²) in [4.78, 5) is 22.7. The number of ether oxygens (including phenoxy) is 3. The molecule has 0 fully saturated rings. The van der Waals surface area contributed by atoms with E-state index < -0.39 is 12.1 Å². The van der Waals surface area contributed by atoms with Gasteiger partial charge in [-0.05, 0) is 44.2 Å². The number of hydrogen-bond donors (Lipinski definition) is 1. The highest BCUT2D eigenvalue weighted by Crippen LogP contribution is 2.29. The normalized spacial score (nSPS) is 10.2. The lowest BCUT2D eigenvalue weighted by Crippen LogP contribution is -2.29. The molecule has 0 unspecified atom stereocenters. The monoisotopic (exact) mass is 425 g/mol. The third kappa shape index (κ3) is 9.38. The van der Waals surface area contributed by atoms with Gasteiger partial charge in [-0.25, -0.2) is 9.59 Å². The van der Waals surface area contributed by atoms with Crippen molar-refractivity contribution in [2.24, 2.45) is 0 Å². The number of amides is 1. The van der Waals surface area contributed by atoms with Gasteiger partial charge >= 0.3 is 12.1 Å². The molecule has 1 N–H and O–H groups in total. The van der Waals surface area contributed by atoms with Crippen molar-refractivity contribution < 1.29 is 23.8 Å². The molecule has 166 valence electrons. The van der Waals surface area contributed by atoms with Crippen LogP contribution in [0.5, 0.6) is 5.75 Å². The summed E-state index contributed by atoms with van der Waals surface area (Å²) in [6, 6.07) is 18.3. The summed E-state index contributed by atoms with van der Waals surface area (Å²) >= 11 is 0. The minimum atomic E-state index is -0.507. The van der Waals surface area contributed by atoms with E-state index in [1.54, 1.807) is 6.92 Å². The van der Waals surface area contributed by atoms with Crippen molar-refractivity contribution in [1.82, 2.24) is 5.32 Å². The van der Waals surface area contributed by atoms with Crippen LogP contribution in [0.4, 0.5) is 4.79 Å². The van der Waals surface area contributed by atoms with E-state index in [0.717, 1.165) is 42.6 Å². The van der Waals surface area contributed by atoms with Crippen LogP contribution in [-0.2, 0) is 14.3 Å². The first-order chi connectivity index (χ1) is 15.1.